The van der Waals surface area contributed by atoms with Crippen LogP contribution in [-0.2, 0) is 0 Å². The third-order valence-electron chi connectivity index (χ3n) is 3.68. The fourth-order valence-corrected chi connectivity index (χ4v) is 2.88. The van der Waals surface area contributed by atoms with Gasteiger partial charge < -0.3 is 9.47 Å². The summed E-state index contributed by atoms with van der Waals surface area (Å²) in [6.45, 7) is 1.73. The number of nitrogens with zero attached hydrogens (tertiary/aromatic N) is 3. The Morgan fingerprint density at radius 3 is 2.56 bits per heavy atom. The molecule has 1 aromatic heterocycles. The second-order valence-corrected chi connectivity index (χ2v) is 6.22. The zero-order chi connectivity index (χ0) is 18.0. The van der Waals surface area contributed by atoms with E-state index in [9.17, 15) is 4.79 Å². The van der Waals surface area contributed by atoms with Gasteiger partial charge in [-0.05, 0) is 30.7 Å². The highest BCUT2D eigenvalue weighted by atomic mass is 79.9. The SMILES string of the molecule is COc1cc2nc(C)n(N=Cc3cccc(Br)c3)c(=O)c2cc1OC. The summed E-state index contributed by atoms with van der Waals surface area (Å²) in [6.07, 6.45) is 1.62. The number of halogens is 1. The van der Waals surface area contributed by atoms with E-state index in [1.54, 1.807) is 32.4 Å². The number of methoxy groups -OCH3 is 2. The van der Waals surface area contributed by atoms with Gasteiger partial charge >= 0.3 is 0 Å². The highest BCUT2D eigenvalue weighted by Crippen LogP contribution is 2.30. The lowest BCUT2D eigenvalue weighted by Gasteiger charge is -2.10. The molecule has 0 atom stereocenters. The highest BCUT2D eigenvalue weighted by Gasteiger charge is 2.12. The fourth-order valence-electron chi connectivity index (χ4n) is 2.46. The predicted molar refractivity (Wildman–Crippen MR) is 101 cm³/mol. The molecule has 0 aliphatic heterocycles. The number of hydrogen-bond donors (Lipinski definition) is 0. The quantitative estimate of drug-likeness (QED) is 0.628. The second-order valence-electron chi connectivity index (χ2n) is 5.30. The van der Waals surface area contributed by atoms with Gasteiger partial charge in [0, 0.05) is 10.5 Å². The molecule has 7 heteroatoms. The van der Waals surface area contributed by atoms with Crippen molar-refractivity contribution < 1.29 is 9.47 Å². The number of ether oxygens (including phenoxy) is 2. The molecule has 0 amide bonds. The molecule has 0 fully saturated rings. The molecule has 128 valence electrons. The smallest absolute Gasteiger partial charge is 0.282 e. The molecule has 3 aromatic rings. The molecular formula is C18H16BrN3O3. The summed E-state index contributed by atoms with van der Waals surface area (Å²) in [6, 6.07) is 10.9. The van der Waals surface area contributed by atoms with Crippen LogP contribution in [0.1, 0.15) is 11.4 Å². The van der Waals surface area contributed by atoms with Crippen LogP contribution in [0.25, 0.3) is 10.9 Å². The minimum absolute atomic E-state index is 0.269. The van der Waals surface area contributed by atoms with Crippen LogP contribution < -0.4 is 15.0 Å². The molecule has 0 unspecified atom stereocenters. The summed E-state index contributed by atoms with van der Waals surface area (Å²) in [4.78, 5) is 17.3. The molecule has 0 saturated carbocycles. The van der Waals surface area contributed by atoms with E-state index in [1.165, 1.54) is 11.8 Å². The summed E-state index contributed by atoms with van der Waals surface area (Å²) < 4.78 is 12.7. The van der Waals surface area contributed by atoms with Crippen molar-refractivity contribution in [2.45, 2.75) is 6.92 Å². The molecule has 0 spiro atoms. The maximum absolute atomic E-state index is 12.8. The highest BCUT2D eigenvalue weighted by molar-refractivity contribution is 9.10. The summed E-state index contributed by atoms with van der Waals surface area (Å²) >= 11 is 3.41. The lowest BCUT2D eigenvalue weighted by atomic mass is 10.2. The van der Waals surface area contributed by atoms with Gasteiger partial charge in [0.25, 0.3) is 5.56 Å². The van der Waals surface area contributed by atoms with Crippen LogP contribution in [0.4, 0.5) is 0 Å². The van der Waals surface area contributed by atoms with Crippen LogP contribution in [0, 0.1) is 6.92 Å². The zero-order valence-corrected chi connectivity index (χ0v) is 15.6. The average molecular weight is 402 g/mol. The molecule has 0 saturated heterocycles. The van der Waals surface area contributed by atoms with E-state index in [0.29, 0.717) is 28.2 Å². The Kier molecular flexibility index (Phi) is 4.85. The molecule has 0 radical (unpaired) electrons. The van der Waals surface area contributed by atoms with Crippen molar-refractivity contribution in [3.63, 3.8) is 0 Å². The third-order valence-corrected chi connectivity index (χ3v) is 4.18. The number of benzene rings is 2. The average Bonchev–Trinajstić information content (AvgIpc) is 2.60. The van der Waals surface area contributed by atoms with Crippen molar-refractivity contribution in [2.24, 2.45) is 5.10 Å². The van der Waals surface area contributed by atoms with E-state index in [-0.39, 0.29) is 5.56 Å². The molecule has 25 heavy (non-hydrogen) atoms. The van der Waals surface area contributed by atoms with Crippen molar-refractivity contribution in [1.29, 1.82) is 0 Å². The lowest BCUT2D eigenvalue weighted by Crippen LogP contribution is -2.20. The van der Waals surface area contributed by atoms with Crippen LogP contribution in [0.3, 0.4) is 0 Å². The molecular weight excluding hydrogens is 386 g/mol. The first kappa shape index (κ1) is 17.2. The van der Waals surface area contributed by atoms with Gasteiger partial charge in [-0.25, -0.2) is 4.98 Å². The van der Waals surface area contributed by atoms with Gasteiger partial charge in [0.05, 0.1) is 31.3 Å². The third kappa shape index (κ3) is 3.41. The molecule has 6 nitrogen and oxygen atoms in total. The second kappa shape index (κ2) is 7.06. The van der Waals surface area contributed by atoms with Crippen molar-refractivity contribution in [3.05, 3.63) is 62.6 Å². The predicted octanol–water partition coefficient (Wildman–Crippen LogP) is 3.37. The van der Waals surface area contributed by atoms with Gasteiger partial charge in [0.2, 0.25) is 0 Å². The Morgan fingerprint density at radius 1 is 1.16 bits per heavy atom. The topological polar surface area (TPSA) is 65.7 Å². The molecule has 0 bridgehead atoms. The minimum Gasteiger partial charge on any atom is -0.493 e. The number of aromatic nitrogens is 2. The van der Waals surface area contributed by atoms with E-state index >= 15 is 0 Å². The summed E-state index contributed by atoms with van der Waals surface area (Å²) in [5.74, 6) is 1.48. The Bertz CT molecular complexity index is 1030. The van der Waals surface area contributed by atoms with Crippen molar-refractivity contribution in [3.8, 4) is 11.5 Å². The molecule has 0 aliphatic rings. The Labute approximate surface area is 152 Å². The van der Waals surface area contributed by atoms with Crippen molar-refractivity contribution >= 4 is 33.0 Å². The van der Waals surface area contributed by atoms with Crippen LogP contribution in [0.5, 0.6) is 11.5 Å². The number of rotatable bonds is 4. The lowest BCUT2D eigenvalue weighted by molar-refractivity contribution is 0.355. The Morgan fingerprint density at radius 2 is 1.88 bits per heavy atom. The van der Waals surface area contributed by atoms with E-state index in [2.05, 4.69) is 26.0 Å². The Hall–Kier alpha value is -2.67. The first-order chi connectivity index (χ1) is 12.0. The number of hydrogen-bond acceptors (Lipinski definition) is 5. The van der Waals surface area contributed by atoms with Crippen LogP contribution >= 0.6 is 15.9 Å². The van der Waals surface area contributed by atoms with E-state index in [4.69, 9.17) is 9.47 Å². The van der Waals surface area contributed by atoms with Crippen molar-refractivity contribution in [2.75, 3.05) is 14.2 Å². The van der Waals surface area contributed by atoms with Gasteiger partial charge in [-0.3, -0.25) is 4.79 Å². The zero-order valence-electron chi connectivity index (χ0n) is 14.0. The molecule has 0 N–H and O–H groups in total. The molecule has 0 aliphatic carbocycles. The van der Waals surface area contributed by atoms with Gasteiger partial charge in [-0.1, -0.05) is 28.1 Å². The first-order valence-electron chi connectivity index (χ1n) is 7.49. The van der Waals surface area contributed by atoms with Gasteiger partial charge in [-0.2, -0.15) is 9.78 Å². The molecule has 1 heterocycles. The van der Waals surface area contributed by atoms with E-state index in [1.807, 2.05) is 24.3 Å². The largest absolute Gasteiger partial charge is 0.493 e. The number of aryl methyl sites for hydroxylation is 1. The van der Waals surface area contributed by atoms with Gasteiger partial charge in [0.15, 0.2) is 11.5 Å². The molecule has 2 aromatic carbocycles. The van der Waals surface area contributed by atoms with Gasteiger partial charge in [0.1, 0.15) is 5.82 Å². The maximum Gasteiger partial charge on any atom is 0.282 e. The minimum atomic E-state index is -0.269. The standard InChI is InChI=1S/C18H16BrN3O3/c1-11-21-15-9-17(25-3)16(24-2)8-14(15)18(23)22(11)20-10-12-5-4-6-13(19)7-12/h4-10H,1-3H3. The van der Waals surface area contributed by atoms with Crippen LogP contribution in [0.15, 0.2) is 50.8 Å². The Balaban J connectivity index is 2.14. The van der Waals surface area contributed by atoms with E-state index < -0.39 is 0 Å². The fraction of sp³-hybridized carbons (Fsp3) is 0.167. The molecule has 3 rings (SSSR count). The summed E-state index contributed by atoms with van der Waals surface area (Å²) in [5.41, 5.74) is 1.14. The maximum atomic E-state index is 12.8. The van der Waals surface area contributed by atoms with Crippen LogP contribution in [0.2, 0.25) is 0 Å². The first-order valence-corrected chi connectivity index (χ1v) is 8.28. The normalized spacial score (nSPS) is 11.2. The van der Waals surface area contributed by atoms with Gasteiger partial charge in [-0.15, -0.1) is 0 Å². The van der Waals surface area contributed by atoms with Crippen molar-refractivity contribution in [1.82, 2.24) is 9.66 Å². The van der Waals surface area contributed by atoms with Crippen LogP contribution in [-0.4, -0.2) is 30.1 Å². The monoisotopic (exact) mass is 401 g/mol. The summed E-state index contributed by atoms with van der Waals surface area (Å²) in [5, 5.41) is 4.70. The summed E-state index contributed by atoms with van der Waals surface area (Å²) in [7, 11) is 3.06. The number of fused-ring (bicyclic) bond motifs is 1. The van der Waals surface area contributed by atoms with E-state index in [0.717, 1.165) is 10.0 Å².